The lowest BCUT2D eigenvalue weighted by Gasteiger charge is -2.07. The Morgan fingerprint density at radius 3 is 2.50 bits per heavy atom. The largest absolute Gasteiger partial charge is 0.351 e. The summed E-state index contributed by atoms with van der Waals surface area (Å²) < 4.78 is 26.5. The first-order chi connectivity index (χ1) is 11.3. The highest BCUT2D eigenvalue weighted by Crippen LogP contribution is 2.16. The summed E-state index contributed by atoms with van der Waals surface area (Å²) in [6, 6.07) is 5.84. The Labute approximate surface area is 150 Å². The summed E-state index contributed by atoms with van der Waals surface area (Å²) in [6.45, 7) is 4.23. The molecule has 0 unspecified atom stereocenters. The number of aromatic nitrogens is 1. The summed E-state index contributed by atoms with van der Waals surface area (Å²) in [5.74, 6) is -0.223. The Balaban J connectivity index is 1.79. The van der Waals surface area contributed by atoms with E-state index in [1.807, 2.05) is 13.8 Å². The summed E-state index contributed by atoms with van der Waals surface area (Å²) in [7, 11) is -3.64. The molecule has 0 radical (unpaired) electrons. The van der Waals surface area contributed by atoms with Gasteiger partial charge < -0.3 is 5.32 Å². The molecule has 0 fully saturated rings. The molecule has 0 spiro atoms. The number of carbonyl (C=O) groups excluding carboxylic acids is 1. The summed E-state index contributed by atoms with van der Waals surface area (Å²) in [5.41, 5.74) is 0.904. The van der Waals surface area contributed by atoms with E-state index in [4.69, 9.17) is 11.6 Å². The number of benzene rings is 1. The molecule has 0 aliphatic rings. The molecule has 2 aromatic rings. The van der Waals surface area contributed by atoms with Crippen LogP contribution in [0, 0.1) is 13.8 Å². The number of nitrogens with zero attached hydrogens (tertiary/aromatic N) is 1. The fourth-order valence-electron chi connectivity index (χ4n) is 2.00. The van der Waals surface area contributed by atoms with Crippen LogP contribution in [0.5, 0.6) is 0 Å². The predicted molar refractivity (Wildman–Crippen MR) is 94.7 cm³/mol. The van der Waals surface area contributed by atoms with E-state index in [1.54, 1.807) is 0 Å². The number of thiazole rings is 1. The molecule has 9 heteroatoms. The van der Waals surface area contributed by atoms with Gasteiger partial charge in [-0.1, -0.05) is 11.6 Å². The molecule has 0 atom stereocenters. The van der Waals surface area contributed by atoms with Crippen LogP contribution in [0.15, 0.2) is 29.2 Å². The fraction of sp³-hybridized carbons (Fsp3) is 0.333. The van der Waals surface area contributed by atoms with Gasteiger partial charge in [-0.25, -0.2) is 18.1 Å². The molecule has 1 heterocycles. The number of nitrogens with one attached hydrogen (secondary N) is 2. The highest BCUT2D eigenvalue weighted by atomic mass is 35.5. The highest BCUT2D eigenvalue weighted by molar-refractivity contribution is 7.89. The van der Waals surface area contributed by atoms with E-state index in [1.165, 1.54) is 35.6 Å². The number of sulfonamides is 1. The van der Waals surface area contributed by atoms with Crippen LogP contribution >= 0.6 is 22.9 Å². The molecular weight excluding hydrogens is 370 g/mol. The van der Waals surface area contributed by atoms with Crippen molar-refractivity contribution in [2.75, 3.05) is 6.54 Å². The van der Waals surface area contributed by atoms with Crippen molar-refractivity contribution in [3.8, 4) is 0 Å². The van der Waals surface area contributed by atoms with Crippen molar-refractivity contribution >= 4 is 38.9 Å². The predicted octanol–water partition coefficient (Wildman–Crippen LogP) is 2.40. The second-order valence-electron chi connectivity index (χ2n) is 5.12. The molecular formula is C15H18ClN3O3S2. The Bertz CT molecular complexity index is 817. The average Bonchev–Trinajstić information content (AvgIpc) is 2.83. The van der Waals surface area contributed by atoms with Crippen molar-refractivity contribution in [3.05, 3.63) is 44.9 Å². The Hall–Kier alpha value is -1.48. The smallest absolute Gasteiger partial charge is 0.240 e. The topological polar surface area (TPSA) is 88.2 Å². The van der Waals surface area contributed by atoms with Crippen LogP contribution in [0.4, 0.5) is 0 Å². The lowest BCUT2D eigenvalue weighted by Crippen LogP contribution is -2.30. The number of hydrogen-bond acceptors (Lipinski definition) is 5. The van der Waals surface area contributed by atoms with E-state index in [9.17, 15) is 13.2 Å². The fourth-order valence-corrected chi connectivity index (χ4v) is 4.04. The number of halogens is 1. The van der Waals surface area contributed by atoms with Gasteiger partial charge in [0, 0.05) is 22.9 Å². The van der Waals surface area contributed by atoms with Crippen LogP contribution < -0.4 is 10.0 Å². The number of aryl methyl sites for hydroxylation is 2. The standard InChI is InChI=1S/C15H18ClN3O3S2/c1-10-14(23-11(2)19-10)9-17-15(20)7-8-18-24(21,22)13-5-3-12(16)4-6-13/h3-6,18H,7-9H2,1-2H3,(H,17,20). The van der Waals surface area contributed by atoms with Gasteiger partial charge in [-0.05, 0) is 38.1 Å². The molecule has 2 N–H and O–H groups in total. The van der Waals surface area contributed by atoms with Gasteiger partial charge in [-0.2, -0.15) is 0 Å². The van der Waals surface area contributed by atoms with Gasteiger partial charge in [0.1, 0.15) is 0 Å². The number of amides is 1. The van der Waals surface area contributed by atoms with Crippen molar-refractivity contribution < 1.29 is 13.2 Å². The molecule has 24 heavy (non-hydrogen) atoms. The van der Waals surface area contributed by atoms with Crippen LogP contribution in [0.3, 0.4) is 0 Å². The van der Waals surface area contributed by atoms with E-state index < -0.39 is 10.0 Å². The second kappa shape index (κ2) is 8.06. The molecule has 1 aromatic heterocycles. The maximum absolute atomic E-state index is 12.1. The van der Waals surface area contributed by atoms with Crippen molar-refractivity contribution in [2.24, 2.45) is 0 Å². The Kier molecular flexibility index (Phi) is 6.34. The zero-order chi connectivity index (χ0) is 17.7. The summed E-state index contributed by atoms with van der Waals surface area (Å²) >= 11 is 7.27. The van der Waals surface area contributed by atoms with Crippen LogP contribution in [-0.2, 0) is 21.4 Å². The van der Waals surface area contributed by atoms with Gasteiger partial charge >= 0.3 is 0 Å². The number of hydrogen-bond donors (Lipinski definition) is 2. The van der Waals surface area contributed by atoms with Crippen LogP contribution in [0.1, 0.15) is 22.0 Å². The summed E-state index contributed by atoms with van der Waals surface area (Å²) in [6.07, 6.45) is 0.0592. The highest BCUT2D eigenvalue weighted by Gasteiger charge is 2.14. The number of rotatable bonds is 7. The summed E-state index contributed by atoms with van der Waals surface area (Å²) in [5, 5.41) is 4.18. The first-order valence-electron chi connectivity index (χ1n) is 7.23. The lowest BCUT2D eigenvalue weighted by atomic mass is 10.3. The van der Waals surface area contributed by atoms with Gasteiger partial charge in [0.15, 0.2) is 0 Å². The molecule has 1 aromatic carbocycles. The molecule has 130 valence electrons. The molecule has 0 aliphatic carbocycles. The second-order valence-corrected chi connectivity index (χ2v) is 8.61. The third kappa shape index (κ3) is 5.27. The third-order valence-electron chi connectivity index (χ3n) is 3.21. The van der Waals surface area contributed by atoms with Crippen molar-refractivity contribution in [2.45, 2.75) is 31.7 Å². The van der Waals surface area contributed by atoms with E-state index in [0.717, 1.165) is 15.6 Å². The van der Waals surface area contributed by atoms with Gasteiger partial charge in [0.2, 0.25) is 15.9 Å². The number of carbonyl (C=O) groups is 1. The molecule has 0 aliphatic heterocycles. The minimum Gasteiger partial charge on any atom is -0.351 e. The minimum atomic E-state index is -3.64. The molecule has 1 amide bonds. The van der Waals surface area contributed by atoms with Crippen molar-refractivity contribution in [1.82, 2.24) is 15.0 Å². The van der Waals surface area contributed by atoms with E-state index in [2.05, 4.69) is 15.0 Å². The Morgan fingerprint density at radius 2 is 1.92 bits per heavy atom. The minimum absolute atomic E-state index is 0.0253. The Morgan fingerprint density at radius 1 is 1.25 bits per heavy atom. The van der Waals surface area contributed by atoms with Crippen LogP contribution in [-0.4, -0.2) is 25.9 Å². The average molecular weight is 388 g/mol. The molecule has 6 nitrogen and oxygen atoms in total. The third-order valence-corrected chi connectivity index (χ3v) is 6.02. The van der Waals surface area contributed by atoms with E-state index >= 15 is 0 Å². The van der Waals surface area contributed by atoms with Crippen LogP contribution in [0.25, 0.3) is 0 Å². The molecule has 0 saturated heterocycles. The zero-order valence-corrected chi connectivity index (χ0v) is 15.7. The van der Waals surface area contributed by atoms with Gasteiger partial charge in [-0.3, -0.25) is 4.79 Å². The van der Waals surface area contributed by atoms with E-state index in [0.29, 0.717) is 11.6 Å². The maximum atomic E-state index is 12.1. The first kappa shape index (κ1) is 18.9. The van der Waals surface area contributed by atoms with Gasteiger partial charge in [0.05, 0.1) is 22.1 Å². The normalized spacial score (nSPS) is 11.5. The molecule has 2 rings (SSSR count). The van der Waals surface area contributed by atoms with Crippen molar-refractivity contribution in [1.29, 1.82) is 0 Å². The lowest BCUT2D eigenvalue weighted by molar-refractivity contribution is -0.121. The maximum Gasteiger partial charge on any atom is 0.240 e. The molecule has 0 saturated carbocycles. The first-order valence-corrected chi connectivity index (χ1v) is 9.90. The molecule has 0 bridgehead atoms. The quantitative estimate of drug-likeness (QED) is 0.763. The van der Waals surface area contributed by atoms with Gasteiger partial charge in [-0.15, -0.1) is 11.3 Å². The van der Waals surface area contributed by atoms with Crippen molar-refractivity contribution in [3.63, 3.8) is 0 Å². The monoisotopic (exact) mass is 387 g/mol. The van der Waals surface area contributed by atoms with E-state index in [-0.39, 0.29) is 23.8 Å². The summed E-state index contributed by atoms with van der Waals surface area (Å²) in [4.78, 5) is 17.2. The SMILES string of the molecule is Cc1nc(C)c(CNC(=O)CCNS(=O)(=O)c2ccc(Cl)cc2)s1. The van der Waals surface area contributed by atoms with Gasteiger partial charge in [0.25, 0.3) is 0 Å². The van der Waals surface area contributed by atoms with Crippen LogP contribution in [0.2, 0.25) is 5.02 Å². The zero-order valence-electron chi connectivity index (χ0n) is 13.3.